The number of fused-ring (bicyclic) bond motifs is 3. The van der Waals surface area contributed by atoms with Crippen LogP contribution in [0.2, 0.25) is 0 Å². The molecule has 8 rings (SSSR count). The maximum Gasteiger partial charge on any atom is 0.266 e. The van der Waals surface area contributed by atoms with Gasteiger partial charge in [-0.15, -0.1) is 0 Å². The number of hydrogen-bond donors (Lipinski definition) is 0. The van der Waals surface area contributed by atoms with Gasteiger partial charge in [0, 0.05) is 0 Å². The molecule has 2 heterocycles. The van der Waals surface area contributed by atoms with Crippen LogP contribution in [0.25, 0.3) is 10.8 Å². The predicted octanol–water partition coefficient (Wildman–Crippen LogP) is 8.04. The van der Waals surface area contributed by atoms with Gasteiger partial charge in [0.15, 0.2) is 0 Å². The molecule has 6 aromatic carbocycles. The molecule has 0 radical (unpaired) electrons. The summed E-state index contributed by atoms with van der Waals surface area (Å²) in [5.74, 6) is 1.36. The molecule has 4 amide bonds. The van der Waals surface area contributed by atoms with E-state index in [1.54, 1.807) is 99.1 Å². The van der Waals surface area contributed by atoms with Gasteiger partial charge in [0.1, 0.15) is 34.5 Å². The Kier molecular flexibility index (Phi) is 7.26. The van der Waals surface area contributed by atoms with Crippen molar-refractivity contribution < 1.29 is 38.1 Å². The molecule has 0 aromatic heterocycles. The molecule has 0 fully saturated rings. The molecule has 6 aromatic rings. The van der Waals surface area contributed by atoms with Crippen molar-refractivity contribution in [2.45, 2.75) is 0 Å². The Morgan fingerprint density at radius 3 is 1.10 bits per heavy atom. The van der Waals surface area contributed by atoms with Crippen LogP contribution in [0.5, 0.6) is 34.5 Å². The number of ether oxygens (including phenoxy) is 4. The third-order valence-electron chi connectivity index (χ3n) is 8.63. The maximum atomic E-state index is 13.3. The summed E-state index contributed by atoms with van der Waals surface area (Å²) in [4.78, 5) is 55.1. The van der Waals surface area contributed by atoms with E-state index in [4.69, 9.17) is 18.9 Å². The minimum Gasteiger partial charge on any atom is -0.497 e. The molecule has 2 aliphatic rings. The summed E-state index contributed by atoms with van der Waals surface area (Å²) in [7, 11) is 3.09. The molecular formula is C40H26N2O8. The molecule has 10 heteroatoms. The Labute approximate surface area is 285 Å². The van der Waals surface area contributed by atoms with Crippen molar-refractivity contribution in [3.05, 3.63) is 144 Å². The Balaban J connectivity index is 1.00. The molecule has 0 N–H and O–H groups in total. The van der Waals surface area contributed by atoms with Crippen molar-refractivity contribution in [3.8, 4) is 34.5 Å². The number of methoxy groups -OCH3 is 2. The Morgan fingerprint density at radius 1 is 0.360 bits per heavy atom. The van der Waals surface area contributed by atoms with Crippen molar-refractivity contribution in [2.24, 2.45) is 0 Å². The minimum atomic E-state index is -0.438. The average molecular weight is 663 g/mol. The number of benzene rings is 6. The lowest BCUT2D eigenvalue weighted by molar-refractivity contribution is 0.0910. The first kappa shape index (κ1) is 30.4. The zero-order chi connectivity index (χ0) is 34.5. The molecule has 0 saturated carbocycles. The number of nitrogens with zero attached hydrogens (tertiary/aromatic N) is 2. The summed E-state index contributed by atoms with van der Waals surface area (Å²) in [6, 6.07) is 34.1. The zero-order valence-electron chi connectivity index (χ0n) is 26.7. The van der Waals surface area contributed by atoms with Gasteiger partial charge in [0.2, 0.25) is 0 Å². The lowest BCUT2D eigenvalue weighted by Crippen LogP contribution is -2.29. The number of rotatable bonds is 8. The van der Waals surface area contributed by atoms with Gasteiger partial charge in [-0.3, -0.25) is 19.2 Å². The van der Waals surface area contributed by atoms with Crippen molar-refractivity contribution in [2.75, 3.05) is 24.0 Å². The van der Waals surface area contributed by atoms with E-state index in [0.717, 1.165) is 20.6 Å². The van der Waals surface area contributed by atoms with Gasteiger partial charge in [0.25, 0.3) is 23.6 Å². The number of anilines is 2. The summed E-state index contributed by atoms with van der Waals surface area (Å²) in [6.07, 6.45) is 0. The highest BCUT2D eigenvalue weighted by Gasteiger charge is 2.38. The quantitative estimate of drug-likeness (QED) is 0.151. The van der Waals surface area contributed by atoms with Gasteiger partial charge in [-0.25, -0.2) is 9.80 Å². The number of carbonyl (C=O) groups excluding carboxylic acids is 4. The summed E-state index contributed by atoms with van der Waals surface area (Å²) >= 11 is 0. The Bertz CT molecular complexity index is 2220. The van der Waals surface area contributed by atoms with Crippen LogP contribution in [0, 0.1) is 0 Å². The third kappa shape index (κ3) is 5.15. The molecule has 2 aliphatic heterocycles. The zero-order valence-corrected chi connectivity index (χ0v) is 26.7. The summed E-state index contributed by atoms with van der Waals surface area (Å²) < 4.78 is 22.6. The largest absolute Gasteiger partial charge is 0.497 e. The summed E-state index contributed by atoms with van der Waals surface area (Å²) in [5, 5.41) is 1.75. The number of amides is 4. The molecular weight excluding hydrogens is 636 g/mol. The maximum absolute atomic E-state index is 13.3. The van der Waals surface area contributed by atoms with Gasteiger partial charge in [-0.05, 0) is 120 Å². The van der Waals surface area contributed by atoms with E-state index < -0.39 is 23.6 Å². The number of hydrogen-bond acceptors (Lipinski definition) is 8. The van der Waals surface area contributed by atoms with E-state index in [1.807, 2.05) is 36.4 Å². The van der Waals surface area contributed by atoms with Crippen LogP contribution in [0.4, 0.5) is 11.4 Å². The van der Waals surface area contributed by atoms with Gasteiger partial charge < -0.3 is 18.9 Å². The molecule has 0 bridgehead atoms. The van der Waals surface area contributed by atoms with E-state index >= 15 is 0 Å². The van der Waals surface area contributed by atoms with Crippen LogP contribution in [0.1, 0.15) is 41.4 Å². The van der Waals surface area contributed by atoms with E-state index in [1.165, 1.54) is 0 Å². The number of imide groups is 2. The van der Waals surface area contributed by atoms with Gasteiger partial charge in [0.05, 0.1) is 47.8 Å². The van der Waals surface area contributed by atoms with Crippen LogP contribution in [0.15, 0.2) is 121 Å². The van der Waals surface area contributed by atoms with E-state index in [2.05, 4.69) is 0 Å². The van der Waals surface area contributed by atoms with Crippen LogP contribution < -0.4 is 28.7 Å². The molecule has 0 saturated heterocycles. The molecule has 50 heavy (non-hydrogen) atoms. The average Bonchev–Trinajstić information content (AvgIpc) is 3.54. The van der Waals surface area contributed by atoms with Crippen molar-refractivity contribution in [1.82, 2.24) is 0 Å². The Morgan fingerprint density at radius 2 is 0.700 bits per heavy atom. The van der Waals surface area contributed by atoms with Crippen molar-refractivity contribution in [1.29, 1.82) is 0 Å². The van der Waals surface area contributed by atoms with E-state index in [0.29, 0.717) is 57.0 Å². The van der Waals surface area contributed by atoms with Crippen LogP contribution in [0.3, 0.4) is 0 Å². The highest BCUT2D eigenvalue weighted by molar-refractivity contribution is 6.35. The number of carbonyl (C=O) groups is 4. The van der Waals surface area contributed by atoms with E-state index in [9.17, 15) is 19.2 Å². The normalized spacial score (nSPS) is 13.5. The van der Waals surface area contributed by atoms with Crippen LogP contribution >= 0.6 is 0 Å². The molecule has 244 valence electrons. The smallest absolute Gasteiger partial charge is 0.266 e. The first-order chi connectivity index (χ1) is 24.3. The summed E-state index contributed by atoms with van der Waals surface area (Å²) in [5.41, 5.74) is 1.99. The molecule has 10 nitrogen and oxygen atoms in total. The van der Waals surface area contributed by atoms with Crippen molar-refractivity contribution >= 4 is 45.8 Å². The van der Waals surface area contributed by atoms with Crippen LogP contribution in [-0.4, -0.2) is 37.8 Å². The lowest BCUT2D eigenvalue weighted by atomic mass is 10.1. The second kappa shape index (κ2) is 11.9. The second-order valence-corrected chi connectivity index (χ2v) is 11.6. The SMILES string of the molecule is COc1ccc(N2C(=O)c3ccc(Oc4ccc5ccc(Oc6ccc7c(c6)C(=O)N(c6ccc(OC)cc6)C7=O)cc5c4)cc3C2=O)cc1. The molecule has 0 spiro atoms. The standard InChI is InChI=1S/C40H26N2O8/c1-47-27-11-5-25(6-12-27)41-37(43)33-17-15-31(21-35(33)39(41)45)49-29-9-3-23-4-10-30(20-24(23)19-29)50-32-16-18-34-36(22-32)40(46)42(38(34)44)26-7-13-28(48-2)14-8-26/h3-22H,1-2H3. The lowest BCUT2D eigenvalue weighted by Gasteiger charge is -2.14. The van der Waals surface area contributed by atoms with Crippen LogP contribution in [-0.2, 0) is 0 Å². The monoisotopic (exact) mass is 662 g/mol. The highest BCUT2D eigenvalue weighted by atomic mass is 16.5. The van der Waals surface area contributed by atoms with Gasteiger partial charge in [-0.2, -0.15) is 0 Å². The fourth-order valence-electron chi connectivity index (χ4n) is 6.10. The fourth-order valence-corrected chi connectivity index (χ4v) is 6.10. The third-order valence-corrected chi connectivity index (χ3v) is 8.63. The molecule has 0 atom stereocenters. The minimum absolute atomic E-state index is 0.251. The first-order valence-electron chi connectivity index (χ1n) is 15.5. The molecule has 0 unspecified atom stereocenters. The van der Waals surface area contributed by atoms with Gasteiger partial charge >= 0.3 is 0 Å². The second-order valence-electron chi connectivity index (χ2n) is 11.6. The fraction of sp³-hybridized carbons (Fsp3) is 0.0500. The van der Waals surface area contributed by atoms with Crippen molar-refractivity contribution in [3.63, 3.8) is 0 Å². The Hall–Kier alpha value is -6.94. The predicted molar refractivity (Wildman–Crippen MR) is 185 cm³/mol. The topological polar surface area (TPSA) is 112 Å². The molecule has 0 aliphatic carbocycles. The highest BCUT2D eigenvalue weighted by Crippen LogP contribution is 2.36. The first-order valence-corrected chi connectivity index (χ1v) is 15.5. The summed E-state index contributed by atoms with van der Waals surface area (Å²) in [6.45, 7) is 0. The van der Waals surface area contributed by atoms with Gasteiger partial charge in [-0.1, -0.05) is 12.1 Å². The van der Waals surface area contributed by atoms with E-state index in [-0.39, 0.29) is 11.1 Å².